The number of hydrogen-bond donors (Lipinski definition) is 2. The van der Waals surface area contributed by atoms with Gasteiger partial charge in [0.2, 0.25) is 0 Å². The fourth-order valence-electron chi connectivity index (χ4n) is 1.98. The fourth-order valence-corrected chi connectivity index (χ4v) is 1.98. The third-order valence-electron chi connectivity index (χ3n) is 3.01. The Hall–Kier alpha value is -1.13. The minimum Gasteiger partial charge on any atom is -0.308 e. The summed E-state index contributed by atoms with van der Waals surface area (Å²) in [5, 5.41) is 0. The average molecular weight is 236 g/mol. The van der Waals surface area contributed by atoms with Gasteiger partial charge in [-0.2, -0.15) is 0 Å². The summed E-state index contributed by atoms with van der Waals surface area (Å²) in [6, 6.07) is 4.55. The van der Waals surface area contributed by atoms with Crippen molar-refractivity contribution in [1.82, 2.24) is 9.88 Å². The first-order valence-corrected chi connectivity index (χ1v) is 6.15. The maximum atomic E-state index is 5.45. The van der Waals surface area contributed by atoms with E-state index in [1.165, 1.54) is 6.42 Å². The van der Waals surface area contributed by atoms with Crippen LogP contribution >= 0.6 is 0 Å². The van der Waals surface area contributed by atoms with Crippen molar-refractivity contribution < 1.29 is 0 Å². The van der Waals surface area contributed by atoms with Crippen molar-refractivity contribution in [1.29, 1.82) is 0 Å². The lowest BCUT2D eigenvalue weighted by Gasteiger charge is -2.26. The maximum Gasteiger partial charge on any atom is 0.144 e. The van der Waals surface area contributed by atoms with Crippen molar-refractivity contribution in [2.45, 2.75) is 39.8 Å². The van der Waals surface area contributed by atoms with Gasteiger partial charge in [-0.25, -0.2) is 10.8 Å². The highest BCUT2D eigenvalue weighted by Gasteiger charge is 2.13. The Balaban J connectivity index is 2.63. The number of nitrogens with one attached hydrogen (secondary N) is 1. The number of hydrogen-bond acceptors (Lipinski definition) is 4. The van der Waals surface area contributed by atoms with Gasteiger partial charge in [0.15, 0.2) is 0 Å². The van der Waals surface area contributed by atoms with Crippen LogP contribution in [-0.4, -0.2) is 23.0 Å². The molecule has 0 bridgehead atoms. The molecule has 1 rings (SSSR count). The molecule has 0 amide bonds. The number of anilines is 1. The van der Waals surface area contributed by atoms with E-state index in [2.05, 4.69) is 49.2 Å². The Kier molecular flexibility index (Phi) is 5.38. The van der Waals surface area contributed by atoms with E-state index in [0.717, 1.165) is 17.9 Å². The molecule has 1 unspecified atom stereocenters. The zero-order valence-electron chi connectivity index (χ0n) is 11.3. The molecule has 0 aliphatic carbocycles. The Morgan fingerprint density at radius 2 is 2.12 bits per heavy atom. The first-order valence-electron chi connectivity index (χ1n) is 6.15. The molecule has 96 valence electrons. The fraction of sp³-hybridized carbons (Fsp3) is 0.615. The van der Waals surface area contributed by atoms with Gasteiger partial charge in [0, 0.05) is 24.3 Å². The summed E-state index contributed by atoms with van der Waals surface area (Å²) >= 11 is 0. The summed E-state index contributed by atoms with van der Waals surface area (Å²) in [4.78, 5) is 6.54. The molecule has 4 heteroatoms. The van der Waals surface area contributed by atoms with Gasteiger partial charge >= 0.3 is 0 Å². The van der Waals surface area contributed by atoms with E-state index < -0.39 is 0 Å². The SMILES string of the molecule is CC(C)CC(C)N(C)Cc1cccnc1NN. The third kappa shape index (κ3) is 4.32. The molecule has 1 atom stereocenters. The topological polar surface area (TPSA) is 54.2 Å². The van der Waals surface area contributed by atoms with Crippen LogP contribution in [0.1, 0.15) is 32.8 Å². The molecule has 0 saturated carbocycles. The van der Waals surface area contributed by atoms with Crippen LogP contribution < -0.4 is 11.3 Å². The molecule has 1 heterocycles. The molecule has 4 nitrogen and oxygen atoms in total. The van der Waals surface area contributed by atoms with Crippen molar-refractivity contribution >= 4 is 5.82 Å². The van der Waals surface area contributed by atoms with Crippen LogP contribution in [0.25, 0.3) is 0 Å². The van der Waals surface area contributed by atoms with Crippen LogP contribution in [0.15, 0.2) is 18.3 Å². The van der Waals surface area contributed by atoms with Gasteiger partial charge in [-0.3, -0.25) is 4.90 Å². The Morgan fingerprint density at radius 3 is 2.71 bits per heavy atom. The Bertz CT molecular complexity index is 338. The van der Waals surface area contributed by atoms with E-state index in [-0.39, 0.29) is 0 Å². The van der Waals surface area contributed by atoms with E-state index >= 15 is 0 Å². The molecular weight excluding hydrogens is 212 g/mol. The number of pyridine rings is 1. The van der Waals surface area contributed by atoms with Crippen molar-refractivity contribution in [2.24, 2.45) is 11.8 Å². The highest BCUT2D eigenvalue weighted by atomic mass is 15.3. The molecule has 17 heavy (non-hydrogen) atoms. The first kappa shape index (κ1) is 13.9. The lowest BCUT2D eigenvalue weighted by molar-refractivity contribution is 0.221. The van der Waals surface area contributed by atoms with Crippen molar-refractivity contribution in [3.63, 3.8) is 0 Å². The van der Waals surface area contributed by atoms with Crippen LogP contribution in [0.3, 0.4) is 0 Å². The molecule has 0 aliphatic heterocycles. The monoisotopic (exact) mass is 236 g/mol. The number of aromatic nitrogens is 1. The first-order chi connectivity index (χ1) is 8.04. The number of nitrogens with two attached hydrogens (primary N) is 1. The maximum absolute atomic E-state index is 5.45. The molecule has 0 radical (unpaired) electrons. The molecule has 0 saturated heterocycles. The number of rotatable bonds is 6. The average Bonchev–Trinajstić information content (AvgIpc) is 2.28. The predicted octanol–water partition coefficient (Wildman–Crippen LogP) is 2.23. The lowest BCUT2D eigenvalue weighted by atomic mass is 10.0. The number of nitrogens with zero attached hydrogens (tertiary/aromatic N) is 2. The zero-order valence-corrected chi connectivity index (χ0v) is 11.3. The summed E-state index contributed by atoms with van der Waals surface area (Å²) in [6.07, 6.45) is 2.94. The minimum atomic E-state index is 0.556. The van der Waals surface area contributed by atoms with Gasteiger partial charge in [0.05, 0.1) is 0 Å². The van der Waals surface area contributed by atoms with Gasteiger partial charge in [0.25, 0.3) is 0 Å². The van der Waals surface area contributed by atoms with E-state index in [4.69, 9.17) is 5.84 Å². The minimum absolute atomic E-state index is 0.556. The summed E-state index contributed by atoms with van der Waals surface area (Å²) in [7, 11) is 2.14. The van der Waals surface area contributed by atoms with Crippen LogP contribution in [0.5, 0.6) is 0 Å². The quantitative estimate of drug-likeness (QED) is 0.587. The smallest absolute Gasteiger partial charge is 0.144 e. The van der Waals surface area contributed by atoms with Gasteiger partial charge in [-0.1, -0.05) is 19.9 Å². The second-order valence-corrected chi connectivity index (χ2v) is 5.05. The van der Waals surface area contributed by atoms with E-state index in [9.17, 15) is 0 Å². The van der Waals surface area contributed by atoms with Crippen LogP contribution in [0, 0.1) is 5.92 Å². The van der Waals surface area contributed by atoms with Crippen molar-refractivity contribution in [3.05, 3.63) is 23.9 Å². The van der Waals surface area contributed by atoms with Crippen molar-refractivity contribution in [3.8, 4) is 0 Å². The predicted molar refractivity (Wildman–Crippen MR) is 72.4 cm³/mol. The lowest BCUT2D eigenvalue weighted by Crippen LogP contribution is -2.30. The number of hydrazine groups is 1. The molecule has 0 spiro atoms. The molecule has 0 aromatic carbocycles. The molecule has 0 aliphatic rings. The van der Waals surface area contributed by atoms with E-state index in [1.54, 1.807) is 6.20 Å². The Morgan fingerprint density at radius 1 is 1.41 bits per heavy atom. The zero-order chi connectivity index (χ0) is 12.8. The van der Waals surface area contributed by atoms with Gasteiger partial charge in [-0.15, -0.1) is 0 Å². The molecule has 0 fully saturated rings. The molecule has 1 aromatic rings. The molecular formula is C13H24N4. The second kappa shape index (κ2) is 6.57. The van der Waals surface area contributed by atoms with Crippen molar-refractivity contribution in [2.75, 3.05) is 12.5 Å². The van der Waals surface area contributed by atoms with Crippen LogP contribution in [0.2, 0.25) is 0 Å². The third-order valence-corrected chi connectivity index (χ3v) is 3.01. The van der Waals surface area contributed by atoms with E-state index in [1.807, 2.05) is 6.07 Å². The molecule has 3 N–H and O–H groups in total. The van der Waals surface area contributed by atoms with Crippen LogP contribution in [-0.2, 0) is 6.54 Å². The summed E-state index contributed by atoms with van der Waals surface area (Å²) in [5.74, 6) is 6.93. The summed E-state index contributed by atoms with van der Waals surface area (Å²) in [6.45, 7) is 7.62. The van der Waals surface area contributed by atoms with Gasteiger partial charge in [-0.05, 0) is 32.4 Å². The highest BCUT2D eigenvalue weighted by Crippen LogP contribution is 2.16. The van der Waals surface area contributed by atoms with E-state index in [0.29, 0.717) is 12.0 Å². The number of nitrogen functional groups attached to an aromatic ring is 1. The summed E-state index contributed by atoms with van der Waals surface area (Å²) in [5.41, 5.74) is 3.78. The highest BCUT2D eigenvalue weighted by molar-refractivity contribution is 5.42. The summed E-state index contributed by atoms with van der Waals surface area (Å²) < 4.78 is 0. The molecule has 1 aromatic heterocycles. The van der Waals surface area contributed by atoms with Crippen LogP contribution in [0.4, 0.5) is 5.82 Å². The largest absolute Gasteiger partial charge is 0.308 e. The standard InChI is InChI=1S/C13H24N4/c1-10(2)8-11(3)17(4)9-12-6-5-7-15-13(12)16-14/h5-7,10-11H,8-9,14H2,1-4H3,(H,15,16). The Labute approximate surface area is 104 Å². The second-order valence-electron chi connectivity index (χ2n) is 5.05. The van der Waals surface area contributed by atoms with Gasteiger partial charge in [0.1, 0.15) is 5.82 Å². The normalized spacial score (nSPS) is 13.1. The van der Waals surface area contributed by atoms with Gasteiger partial charge < -0.3 is 5.43 Å².